The zero-order valence-corrected chi connectivity index (χ0v) is 15.0. The van der Waals surface area contributed by atoms with Gasteiger partial charge in [0, 0.05) is 12.8 Å². The van der Waals surface area contributed by atoms with Gasteiger partial charge in [-0.25, -0.2) is 21.6 Å². The summed E-state index contributed by atoms with van der Waals surface area (Å²) in [7, 11) is -3.17. The topological polar surface area (TPSA) is 51.2 Å². The molecule has 0 aliphatic rings. The van der Waals surface area contributed by atoms with Crippen molar-refractivity contribution in [3.63, 3.8) is 0 Å². The fourth-order valence-electron chi connectivity index (χ4n) is 2.10. The van der Waals surface area contributed by atoms with Gasteiger partial charge in [-0.05, 0) is 45.2 Å². The monoisotopic (exact) mass is 364 g/mol. The highest BCUT2D eigenvalue weighted by Gasteiger charge is 2.27. The Kier molecular flexibility index (Phi) is 7.01. The third-order valence-corrected chi connectivity index (χ3v) is 6.50. The van der Waals surface area contributed by atoms with Crippen molar-refractivity contribution in [1.82, 2.24) is 0 Å². The second kappa shape index (κ2) is 8.14. The van der Waals surface area contributed by atoms with Crippen LogP contribution in [0, 0.1) is 17.5 Å². The number of sulfone groups is 1. The summed E-state index contributed by atoms with van der Waals surface area (Å²) in [6.07, 6.45) is 1.33. The summed E-state index contributed by atoms with van der Waals surface area (Å²) in [5.74, 6) is -4.43. The van der Waals surface area contributed by atoms with Crippen LogP contribution in [0.1, 0.15) is 52.0 Å². The van der Waals surface area contributed by atoms with E-state index in [1.165, 1.54) is 0 Å². The maximum absolute atomic E-state index is 13.5. The molecule has 3 nitrogen and oxygen atoms in total. The lowest BCUT2D eigenvalue weighted by molar-refractivity contribution is -0.118. The van der Waals surface area contributed by atoms with Crippen LogP contribution in [0.5, 0.6) is 0 Å². The third kappa shape index (κ3) is 5.61. The number of halogens is 3. The molecule has 0 atom stereocenters. The number of carbonyl (C=O) groups is 1. The van der Waals surface area contributed by atoms with Gasteiger partial charge in [0.1, 0.15) is 5.78 Å². The lowest BCUT2D eigenvalue weighted by atomic mass is 10.0. The van der Waals surface area contributed by atoms with Crippen LogP contribution >= 0.6 is 0 Å². The number of benzene rings is 1. The minimum Gasteiger partial charge on any atom is -0.299 e. The van der Waals surface area contributed by atoms with Crippen molar-refractivity contribution < 1.29 is 26.4 Å². The normalized spacial score (nSPS) is 12.4. The number of hydrogen-bond donors (Lipinski definition) is 0. The number of ketones is 1. The van der Waals surface area contributed by atoms with Crippen LogP contribution in [0.3, 0.4) is 0 Å². The van der Waals surface area contributed by atoms with Gasteiger partial charge in [-0.3, -0.25) is 4.79 Å². The summed E-state index contributed by atoms with van der Waals surface area (Å²) >= 11 is 0. The predicted octanol–water partition coefficient (Wildman–Crippen LogP) is 3.99. The highest BCUT2D eigenvalue weighted by molar-refractivity contribution is 7.92. The van der Waals surface area contributed by atoms with Crippen molar-refractivity contribution in [2.24, 2.45) is 0 Å². The maximum atomic E-state index is 13.5. The number of unbranched alkanes of at least 4 members (excludes halogenated alkanes) is 2. The van der Waals surface area contributed by atoms with Crippen molar-refractivity contribution >= 4 is 15.6 Å². The molecule has 1 aromatic rings. The Morgan fingerprint density at radius 1 is 1.00 bits per heavy atom. The standard InChI is InChI=1S/C17H23F3O3S/c1-17(2,3)24(22,23)10-6-4-5-7-13(21)11-12-8-9-14(18)16(20)15(12)19/h8-9H,4-7,10-11H2,1-3H3. The highest BCUT2D eigenvalue weighted by Crippen LogP contribution is 2.19. The van der Waals surface area contributed by atoms with Gasteiger partial charge in [0.25, 0.3) is 0 Å². The summed E-state index contributed by atoms with van der Waals surface area (Å²) in [4.78, 5) is 11.8. The average Bonchev–Trinajstić information content (AvgIpc) is 2.46. The maximum Gasteiger partial charge on any atom is 0.194 e. The Morgan fingerprint density at radius 3 is 2.21 bits per heavy atom. The van der Waals surface area contributed by atoms with E-state index in [1.807, 2.05) is 0 Å². The fourth-order valence-corrected chi connectivity index (χ4v) is 3.30. The van der Waals surface area contributed by atoms with Gasteiger partial charge < -0.3 is 0 Å². The van der Waals surface area contributed by atoms with E-state index in [0.29, 0.717) is 19.3 Å². The van der Waals surface area contributed by atoms with Gasteiger partial charge in [0.2, 0.25) is 0 Å². The number of rotatable bonds is 8. The van der Waals surface area contributed by atoms with E-state index in [4.69, 9.17) is 0 Å². The number of carbonyl (C=O) groups excluding carboxylic acids is 1. The lowest BCUT2D eigenvalue weighted by Crippen LogP contribution is -2.30. The van der Waals surface area contributed by atoms with Gasteiger partial charge in [0.15, 0.2) is 27.3 Å². The van der Waals surface area contributed by atoms with Gasteiger partial charge in [-0.1, -0.05) is 12.5 Å². The van der Waals surface area contributed by atoms with Crippen molar-refractivity contribution in [1.29, 1.82) is 0 Å². The Bertz CT molecular complexity index is 692. The van der Waals surface area contributed by atoms with Crippen LogP contribution in [0.15, 0.2) is 12.1 Å². The quantitative estimate of drug-likeness (QED) is 0.518. The van der Waals surface area contributed by atoms with Crippen LogP contribution < -0.4 is 0 Å². The molecule has 0 saturated heterocycles. The molecule has 0 unspecified atom stereocenters. The highest BCUT2D eigenvalue weighted by atomic mass is 32.2. The van der Waals surface area contributed by atoms with Gasteiger partial charge in [0.05, 0.1) is 10.5 Å². The first-order chi connectivity index (χ1) is 11.0. The fraction of sp³-hybridized carbons (Fsp3) is 0.588. The third-order valence-electron chi connectivity index (χ3n) is 3.80. The molecule has 1 aromatic carbocycles. The smallest absolute Gasteiger partial charge is 0.194 e. The molecular formula is C17H23F3O3S. The SMILES string of the molecule is CC(C)(C)S(=O)(=O)CCCCCC(=O)Cc1ccc(F)c(F)c1F. The molecule has 0 amide bonds. The van der Waals surface area contributed by atoms with Crippen molar-refractivity contribution in [2.75, 3.05) is 5.75 Å². The lowest BCUT2D eigenvalue weighted by Gasteiger charge is -2.18. The molecule has 7 heteroatoms. The number of Topliss-reactive ketones (excluding diaryl/α,β-unsaturated/α-hetero) is 1. The second-order valence-corrected chi connectivity index (χ2v) is 9.65. The predicted molar refractivity (Wildman–Crippen MR) is 87.0 cm³/mol. The first-order valence-corrected chi connectivity index (χ1v) is 9.47. The Hall–Kier alpha value is -1.37. The van der Waals surface area contributed by atoms with Crippen LogP contribution in [-0.4, -0.2) is 24.7 Å². The molecule has 136 valence electrons. The van der Waals surface area contributed by atoms with E-state index in [9.17, 15) is 26.4 Å². The average molecular weight is 364 g/mol. The van der Waals surface area contributed by atoms with Crippen LogP contribution in [0.2, 0.25) is 0 Å². The first-order valence-electron chi connectivity index (χ1n) is 7.82. The van der Waals surface area contributed by atoms with Gasteiger partial charge in [-0.15, -0.1) is 0 Å². The van der Waals surface area contributed by atoms with E-state index in [0.717, 1.165) is 12.1 Å². The molecule has 24 heavy (non-hydrogen) atoms. The van der Waals surface area contributed by atoms with Crippen molar-refractivity contribution in [2.45, 2.75) is 57.6 Å². The van der Waals surface area contributed by atoms with Crippen LogP contribution in [0.4, 0.5) is 13.2 Å². The van der Waals surface area contributed by atoms with Crippen molar-refractivity contribution in [3.8, 4) is 0 Å². The van der Waals surface area contributed by atoms with E-state index in [1.54, 1.807) is 20.8 Å². The summed E-state index contributed by atoms with van der Waals surface area (Å²) in [6.45, 7) is 4.92. The molecule has 1 rings (SSSR count). The zero-order chi connectivity index (χ0) is 18.5. The second-order valence-electron chi connectivity index (χ2n) is 6.79. The molecule has 0 heterocycles. The Morgan fingerprint density at radius 2 is 1.62 bits per heavy atom. The molecule has 0 bridgehead atoms. The molecule has 0 radical (unpaired) electrons. The van der Waals surface area contributed by atoms with Crippen LogP contribution in [-0.2, 0) is 21.1 Å². The van der Waals surface area contributed by atoms with E-state index >= 15 is 0 Å². The summed E-state index contributed by atoms with van der Waals surface area (Å²) in [6, 6.07) is 1.85. The summed E-state index contributed by atoms with van der Waals surface area (Å²) in [5, 5.41) is 0. The molecule has 0 aliphatic carbocycles. The Balaban J connectivity index is 2.40. The largest absolute Gasteiger partial charge is 0.299 e. The Labute approximate surface area is 141 Å². The minimum atomic E-state index is -3.17. The van der Waals surface area contributed by atoms with Crippen molar-refractivity contribution in [3.05, 3.63) is 35.1 Å². The molecule has 0 aliphatic heterocycles. The zero-order valence-electron chi connectivity index (χ0n) is 14.2. The molecular weight excluding hydrogens is 341 g/mol. The van der Waals surface area contributed by atoms with Crippen LogP contribution in [0.25, 0.3) is 0 Å². The molecule has 0 aromatic heterocycles. The molecule has 0 saturated carbocycles. The molecule has 0 N–H and O–H groups in total. The van der Waals surface area contributed by atoms with Gasteiger partial charge in [-0.2, -0.15) is 0 Å². The van der Waals surface area contributed by atoms with E-state index in [-0.39, 0.29) is 29.9 Å². The summed E-state index contributed by atoms with van der Waals surface area (Å²) < 4.78 is 62.4. The van der Waals surface area contributed by atoms with E-state index < -0.39 is 32.0 Å². The molecule has 0 spiro atoms. The van der Waals surface area contributed by atoms with Gasteiger partial charge >= 0.3 is 0 Å². The minimum absolute atomic E-state index is 0.0580. The van der Waals surface area contributed by atoms with E-state index in [2.05, 4.69) is 0 Å². The first kappa shape index (κ1) is 20.7. The molecule has 0 fully saturated rings. The number of hydrogen-bond acceptors (Lipinski definition) is 3. The summed E-state index contributed by atoms with van der Waals surface area (Å²) in [5.41, 5.74) is -0.172.